The molecule has 0 aliphatic rings. The number of hydrogen-bond donors (Lipinski definition) is 2. The van der Waals surface area contributed by atoms with Crippen LogP contribution < -0.4 is 5.73 Å². The monoisotopic (exact) mass is 268 g/mol. The molecule has 2 aromatic carbocycles. The molecule has 1 heterocycles. The lowest BCUT2D eigenvalue weighted by Crippen LogP contribution is -1.95. The van der Waals surface area contributed by atoms with Crippen LogP contribution in [0.25, 0.3) is 22.6 Å². The van der Waals surface area contributed by atoms with E-state index in [1.807, 2.05) is 24.3 Å². The summed E-state index contributed by atoms with van der Waals surface area (Å²) in [4.78, 5) is 15.2. The Hall–Kier alpha value is -2.66. The number of rotatable bonds is 3. The van der Waals surface area contributed by atoms with Gasteiger partial charge >= 0.3 is 5.97 Å². The number of oxazole rings is 1. The highest BCUT2D eigenvalue weighted by molar-refractivity contribution is 5.92. The molecule has 0 amide bonds. The van der Waals surface area contributed by atoms with Crippen LogP contribution in [-0.4, -0.2) is 16.1 Å². The Bertz CT molecular complexity index is 775. The van der Waals surface area contributed by atoms with Crippen LogP contribution in [0.5, 0.6) is 0 Å². The van der Waals surface area contributed by atoms with Crippen molar-refractivity contribution in [2.75, 3.05) is 0 Å². The van der Waals surface area contributed by atoms with Crippen LogP contribution in [0.3, 0.4) is 0 Å². The predicted octanol–water partition coefficient (Wildman–Crippen LogP) is 2.65. The van der Waals surface area contributed by atoms with Crippen molar-refractivity contribution in [2.45, 2.75) is 6.54 Å². The highest BCUT2D eigenvalue weighted by atomic mass is 16.4. The van der Waals surface area contributed by atoms with Crippen LogP contribution in [0, 0.1) is 0 Å². The van der Waals surface area contributed by atoms with E-state index in [1.165, 1.54) is 12.1 Å². The fourth-order valence-electron chi connectivity index (χ4n) is 1.97. The van der Waals surface area contributed by atoms with E-state index in [2.05, 4.69) is 4.98 Å². The van der Waals surface area contributed by atoms with Crippen molar-refractivity contribution < 1.29 is 14.3 Å². The van der Waals surface area contributed by atoms with Gasteiger partial charge in [-0.3, -0.25) is 0 Å². The third-order valence-electron chi connectivity index (χ3n) is 3.07. The highest BCUT2D eigenvalue weighted by Crippen LogP contribution is 2.25. The van der Waals surface area contributed by atoms with Crippen molar-refractivity contribution in [1.29, 1.82) is 0 Å². The molecule has 0 bridgehead atoms. The first-order chi connectivity index (χ1) is 9.67. The Balaban J connectivity index is 2.05. The summed E-state index contributed by atoms with van der Waals surface area (Å²) in [5.41, 5.74) is 8.69. The molecule has 0 spiro atoms. The molecule has 0 unspecified atom stereocenters. The molecule has 0 aliphatic carbocycles. The zero-order valence-electron chi connectivity index (χ0n) is 10.5. The fraction of sp³-hybridized carbons (Fsp3) is 0.0667. The number of carboxylic acids is 1. The van der Waals surface area contributed by atoms with Gasteiger partial charge in [-0.05, 0) is 35.9 Å². The van der Waals surface area contributed by atoms with E-state index in [1.54, 1.807) is 6.07 Å². The van der Waals surface area contributed by atoms with Crippen LogP contribution in [-0.2, 0) is 6.54 Å². The summed E-state index contributed by atoms with van der Waals surface area (Å²) in [5.74, 6) is -0.519. The van der Waals surface area contributed by atoms with E-state index >= 15 is 0 Å². The minimum absolute atomic E-state index is 0.191. The van der Waals surface area contributed by atoms with Crippen molar-refractivity contribution in [3.8, 4) is 11.5 Å². The Kier molecular flexibility index (Phi) is 2.96. The molecule has 3 N–H and O–H groups in total. The lowest BCUT2D eigenvalue weighted by Gasteiger charge is -1.97. The lowest BCUT2D eigenvalue weighted by atomic mass is 10.1. The molecule has 3 aromatic rings. The highest BCUT2D eigenvalue weighted by Gasteiger charge is 2.11. The van der Waals surface area contributed by atoms with E-state index in [9.17, 15) is 4.79 Å². The summed E-state index contributed by atoms with van der Waals surface area (Å²) in [6.07, 6.45) is 0. The number of fused-ring (bicyclic) bond motifs is 1. The number of nitrogens with zero attached hydrogens (tertiary/aromatic N) is 1. The summed E-state index contributed by atoms with van der Waals surface area (Å²) in [6, 6.07) is 12.2. The second-order valence-electron chi connectivity index (χ2n) is 4.41. The van der Waals surface area contributed by atoms with Gasteiger partial charge in [-0.1, -0.05) is 12.1 Å². The predicted molar refractivity (Wildman–Crippen MR) is 74.3 cm³/mol. The standard InChI is InChI=1S/C15H12N2O3/c16-8-9-1-3-10(4-2-9)14-17-12-7-11(15(18)19)5-6-13(12)20-14/h1-7H,8,16H2,(H,18,19). The van der Waals surface area contributed by atoms with Gasteiger partial charge in [-0.2, -0.15) is 0 Å². The molecule has 0 atom stereocenters. The Morgan fingerprint density at radius 1 is 1.20 bits per heavy atom. The Morgan fingerprint density at radius 3 is 2.60 bits per heavy atom. The first-order valence-corrected chi connectivity index (χ1v) is 6.10. The molecule has 20 heavy (non-hydrogen) atoms. The molecule has 5 heteroatoms. The maximum absolute atomic E-state index is 10.9. The SMILES string of the molecule is NCc1ccc(-c2nc3cc(C(=O)O)ccc3o2)cc1. The molecule has 100 valence electrons. The van der Waals surface area contributed by atoms with Crippen LogP contribution in [0.15, 0.2) is 46.9 Å². The van der Waals surface area contributed by atoms with Gasteiger partial charge in [0.2, 0.25) is 5.89 Å². The summed E-state index contributed by atoms with van der Waals surface area (Å²) in [7, 11) is 0. The number of carbonyl (C=O) groups is 1. The van der Waals surface area contributed by atoms with Gasteiger partial charge in [0.15, 0.2) is 5.58 Å². The largest absolute Gasteiger partial charge is 0.478 e. The first kappa shape index (κ1) is 12.4. The molecule has 3 rings (SSSR count). The van der Waals surface area contributed by atoms with Gasteiger partial charge in [0.05, 0.1) is 5.56 Å². The maximum Gasteiger partial charge on any atom is 0.335 e. The second kappa shape index (κ2) is 4.79. The Labute approximate surface area is 114 Å². The van der Waals surface area contributed by atoms with E-state index in [-0.39, 0.29) is 5.56 Å². The third kappa shape index (κ3) is 2.15. The average molecular weight is 268 g/mol. The van der Waals surface area contributed by atoms with Crippen molar-refractivity contribution in [3.63, 3.8) is 0 Å². The molecule has 1 aromatic heterocycles. The zero-order valence-corrected chi connectivity index (χ0v) is 10.5. The molecular formula is C15H12N2O3. The summed E-state index contributed by atoms with van der Waals surface area (Å²) in [5, 5.41) is 8.96. The summed E-state index contributed by atoms with van der Waals surface area (Å²) < 4.78 is 5.63. The second-order valence-corrected chi connectivity index (χ2v) is 4.41. The normalized spacial score (nSPS) is 10.8. The van der Waals surface area contributed by atoms with E-state index in [0.717, 1.165) is 11.1 Å². The number of aromatic carboxylic acids is 1. The van der Waals surface area contributed by atoms with E-state index in [0.29, 0.717) is 23.5 Å². The van der Waals surface area contributed by atoms with E-state index in [4.69, 9.17) is 15.3 Å². The minimum atomic E-state index is -0.983. The number of nitrogens with two attached hydrogens (primary N) is 1. The third-order valence-corrected chi connectivity index (χ3v) is 3.07. The number of benzene rings is 2. The van der Waals surface area contributed by atoms with Crippen molar-refractivity contribution in [3.05, 3.63) is 53.6 Å². The lowest BCUT2D eigenvalue weighted by molar-refractivity contribution is 0.0697. The smallest absolute Gasteiger partial charge is 0.335 e. The van der Waals surface area contributed by atoms with Crippen LogP contribution in [0.1, 0.15) is 15.9 Å². The maximum atomic E-state index is 10.9. The van der Waals surface area contributed by atoms with E-state index < -0.39 is 5.97 Å². The average Bonchev–Trinajstić information content (AvgIpc) is 2.90. The van der Waals surface area contributed by atoms with Gasteiger partial charge in [0.25, 0.3) is 0 Å². The van der Waals surface area contributed by atoms with Crippen LogP contribution in [0.2, 0.25) is 0 Å². The number of carboxylic acid groups (broad SMARTS) is 1. The molecule has 0 saturated carbocycles. The van der Waals surface area contributed by atoms with Crippen molar-refractivity contribution in [2.24, 2.45) is 5.73 Å². The van der Waals surface area contributed by atoms with Crippen LogP contribution >= 0.6 is 0 Å². The van der Waals surface area contributed by atoms with Gasteiger partial charge < -0.3 is 15.3 Å². The molecule has 0 radical (unpaired) electrons. The van der Waals surface area contributed by atoms with Crippen molar-refractivity contribution >= 4 is 17.1 Å². The summed E-state index contributed by atoms with van der Waals surface area (Å²) in [6.45, 7) is 0.482. The van der Waals surface area contributed by atoms with Gasteiger partial charge in [-0.25, -0.2) is 9.78 Å². The fourth-order valence-corrected chi connectivity index (χ4v) is 1.97. The van der Waals surface area contributed by atoms with Gasteiger partial charge in [0.1, 0.15) is 5.52 Å². The van der Waals surface area contributed by atoms with Crippen LogP contribution in [0.4, 0.5) is 0 Å². The van der Waals surface area contributed by atoms with Gasteiger partial charge in [0, 0.05) is 12.1 Å². The summed E-state index contributed by atoms with van der Waals surface area (Å²) >= 11 is 0. The minimum Gasteiger partial charge on any atom is -0.478 e. The zero-order chi connectivity index (χ0) is 14.1. The first-order valence-electron chi connectivity index (χ1n) is 6.10. The molecule has 0 saturated heterocycles. The molecular weight excluding hydrogens is 256 g/mol. The Morgan fingerprint density at radius 2 is 1.95 bits per heavy atom. The van der Waals surface area contributed by atoms with Crippen molar-refractivity contribution in [1.82, 2.24) is 4.98 Å². The number of hydrogen-bond acceptors (Lipinski definition) is 4. The number of aromatic nitrogens is 1. The molecule has 0 aliphatic heterocycles. The topological polar surface area (TPSA) is 89.3 Å². The van der Waals surface area contributed by atoms with Gasteiger partial charge in [-0.15, -0.1) is 0 Å². The molecule has 5 nitrogen and oxygen atoms in total. The molecule has 0 fully saturated rings. The quantitative estimate of drug-likeness (QED) is 0.762.